The van der Waals surface area contributed by atoms with Gasteiger partial charge in [-0.05, 0) is 47.2 Å². The van der Waals surface area contributed by atoms with Crippen LogP contribution < -0.4 is 0 Å². The van der Waals surface area contributed by atoms with Crippen LogP contribution in [0.4, 0.5) is 0 Å². The van der Waals surface area contributed by atoms with Gasteiger partial charge in [0.1, 0.15) is 0 Å². The highest BCUT2D eigenvalue weighted by Crippen LogP contribution is 2.37. The van der Waals surface area contributed by atoms with Crippen LogP contribution in [0.2, 0.25) is 0 Å². The molecule has 3 aromatic rings. The number of rotatable bonds is 0. The Balaban J connectivity index is 2.65. The summed E-state index contributed by atoms with van der Waals surface area (Å²) in [4.78, 5) is 0. The summed E-state index contributed by atoms with van der Waals surface area (Å²) in [6, 6.07) is 13.1. The molecule has 0 nitrogen and oxygen atoms in total. The van der Waals surface area contributed by atoms with Crippen molar-refractivity contribution < 1.29 is 0 Å². The molecule has 0 aliphatic heterocycles. The summed E-state index contributed by atoms with van der Waals surface area (Å²) >= 11 is 4.31. The van der Waals surface area contributed by atoms with E-state index in [1.165, 1.54) is 29.3 Å². The molecule has 0 aliphatic rings. The quantitative estimate of drug-likeness (QED) is 0.512. The minimum atomic E-state index is 1.35. The smallest absolute Gasteiger partial charge is 0.0488 e. The van der Waals surface area contributed by atoms with Crippen LogP contribution in [0.5, 0.6) is 0 Å². The van der Waals surface area contributed by atoms with Crippen molar-refractivity contribution in [2.45, 2.75) is 6.92 Å². The highest BCUT2D eigenvalue weighted by atomic mass is 127. The fourth-order valence-corrected chi connectivity index (χ4v) is 4.00. The van der Waals surface area contributed by atoms with Gasteiger partial charge in [-0.15, -0.1) is 11.3 Å². The number of hydrogen-bond acceptors (Lipinski definition) is 1. The summed E-state index contributed by atoms with van der Waals surface area (Å²) in [6.07, 6.45) is 0. The van der Waals surface area contributed by atoms with Crippen LogP contribution in [-0.4, -0.2) is 0 Å². The minimum absolute atomic E-state index is 1.35. The number of benzene rings is 2. The molecule has 0 saturated heterocycles. The van der Waals surface area contributed by atoms with Crippen molar-refractivity contribution >= 4 is 54.1 Å². The maximum atomic E-state index is 2.42. The second kappa shape index (κ2) is 3.46. The van der Waals surface area contributed by atoms with E-state index in [1.807, 2.05) is 11.3 Å². The molecule has 2 heteroatoms. The molecular weight excluding hydrogens is 315 g/mol. The van der Waals surface area contributed by atoms with Crippen LogP contribution in [0.25, 0.3) is 20.2 Å². The van der Waals surface area contributed by atoms with Crippen molar-refractivity contribution in [1.82, 2.24) is 0 Å². The first-order chi connectivity index (χ1) is 7.27. The Labute approximate surface area is 106 Å². The van der Waals surface area contributed by atoms with Crippen LogP contribution in [0.1, 0.15) is 5.56 Å². The van der Waals surface area contributed by atoms with E-state index < -0.39 is 0 Å². The number of halogens is 1. The van der Waals surface area contributed by atoms with Gasteiger partial charge in [-0.2, -0.15) is 0 Å². The normalized spacial score (nSPS) is 11.3. The molecule has 0 spiro atoms. The molecule has 74 valence electrons. The molecule has 0 radical (unpaired) electrons. The SMILES string of the molecule is Cc1cccc2sc3c(I)cccc3c12. The summed E-state index contributed by atoms with van der Waals surface area (Å²) in [5.41, 5.74) is 1.38. The average Bonchev–Trinajstić information content (AvgIpc) is 2.59. The molecule has 0 unspecified atom stereocenters. The van der Waals surface area contributed by atoms with E-state index in [1.54, 1.807) is 0 Å². The third-order valence-corrected chi connectivity index (χ3v) is 5.15. The van der Waals surface area contributed by atoms with Crippen LogP contribution in [0.15, 0.2) is 36.4 Å². The highest BCUT2D eigenvalue weighted by molar-refractivity contribution is 14.1. The van der Waals surface area contributed by atoms with Crippen molar-refractivity contribution in [3.63, 3.8) is 0 Å². The molecule has 0 N–H and O–H groups in total. The van der Waals surface area contributed by atoms with Gasteiger partial charge in [0.25, 0.3) is 0 Å². The van der Waals surface area contributed by atoms with E-state index in [-0.39, 0.29) is 0 Å². The molecule has 15 heavy (non-hydrogen) atoms. The fraction of sp³-hybridized carbons (Fsp3) is 0.0769. The summed E-state index contributed by atoms with van der Waals surface area (Å²) in [5.74, 6) is 0. The van der Waals surface area contributed by atoms with Gasteiger partial charge in [0.15, 0.2) is 0 Å². The van der Waals surface area contributed by atoms with E-state index in [0.717, 1.165) is 0 Å². The number of fused-ring (bicyclic) bond motifs is 3. The van der Waals surface area contributed by atoms with Crippen molar-refractivity contribution in [3.05, 3.63) is 45.5 Å². The van der Waals surface area contributed by atoms with Crippen molar-refractivity contribution in [3.8, 4) is 0 Å². The second-order valence-electron chi connectivity index (χ2n) is 3.67. The van der Waals surface area contributed by atoms with Gasteiger partial charge in [-0.25, -0.2) is 0 Å². The minimum Gasteiger partial charge on any atom is -0.134 e. The molecule has 0 bridgehead atoms. The molecule has 0 aliphatic carbocycles. The summed E-state index contributed by atoms with van der Waals surface area (Å²) in [6.45, 7) is 2.19. The van der Waals surface area contributed by atoms with Crippen molar-refractivity contribution in [1.29, 1.82) is 0 Å². The van der Waals surface area contributed by atoms with E-state index in [9.17, 15) is 0 Å². The van der Waals surface area contributed by atoms with Gasteiger partial charge in [0.2, 0.25) is 0 Å². The van der Waals surface area contributed by atoms with Crippen molar-refractivity contribution in [2.75, 3.05) is 0 Å². The molecule has 1 heterocycles. The number of hydrogen-bond donors (Lipinski definition) is 0. The summed E-state index contributed by atoms with van der Waals surface area (Å²) in [5, 5.41) is 2.83. The Hall–Kier alpha value is -0.610. The van der Waals surface area contributed by atoms with E-state index in [0.29, 0.717) is 0 Å². The second-order valence-corrected chi connectivity index (χ2v) is 5.88. The third-order valence-electron chi connectivity index (χ3n) is 2.68. The standard InChI is InChI=1S/C13H9IS/c1-8-4-2-7-11-12(8)9-5-3-6-10(14)13(9)15-11/h2-7H,1H3. The molecular formula is C13H9IS. The molecule has 3 rings (SSSR count). The van der Waals surface area contributed by atoms with Gasteiger partial charge >= 0.3 is 0 Å². The first-order valence-corrected chi connectivity index (χ1v) is 6.73. The lowest BCUT2D eigenvalue weighted by molar-refractivity contribution is 1.55. The van der Waals surface area contributed by atoms with Gasteiger partial charge in [0, 0.05) is 23.7 Å². The van der Waals surface area contributed by atoms with Gasteiger partial charge in [-0.1, -0.05) is 24.3 Å². The van der Waals surface area contributed by atoms with Crippen LogP contribution in [0, 0.1) is 10.5 Å². The lowest BCUT2D eigenvalue weighted by Gasteiger charge is -1.96. The van der Waals surface area contributed by atoms with Gasteiger partial charge < -0.3 is 0 Å². The van der Waals surface area contributed by atoms with Gasteiger partial charge in [0.05, 0.1) is 0 Å². The molecule has 0 amide bonds. The molecule has 1 aromatic heterocycles. The van der Waals surface area contributed by atoms with Crippen LogP contribution in [0.3, 0.4) is 0 Å². The summed E-state index contributed by atoms with van der Waals surface area (Å²) < 4.78 is 4.17. The van der Waals surface area contributed by atoms with E-state index in [4.69, 9.17) is 0 Å². The lowest BCUT2D eigenvalue weighted by Crippen LogP contribution is -1.73. The Morgan fingerprint density at radius 3 is 2.73 bits per heavy atom. The lowest BCUT2D eigenvalue weighted by atomic mass is 10.1. The van der Waals surface area contributed by atoms with Crippen LogP contribution >= 0.6 is 33.9 Å². The Morgan fingerprint density at radius 1 is 1.07 bits per heavy atom. The van der Waals surface area contributed by atoms with Crippen LogP contribution in [-0.2, 0) is 0 Å². The monoisotopic (exact) mass is 324 g/mol. The zero-order valence-electron chi connectivity index (χ0n) is 8.25. The topological polar surface area (TPSA) is 0 Å². The summed E-state index contributed by atoms with van der Waals surface area (Å²) in [7, 11) is 0. The van der Waals surface area contributed by atoms with E-state index in [2.05, 4.69) is 65.9 Å². The molecule has 0 fully saturated rings. The van der Waals surface area contributed by atoms with Crippen molar-refractivity contribution in [2.24, 2.45) is 0 Å². The molecule has 0 saturated carbocycles. The Bertz CT molecular complexity index is 652. The maximum absolute atomic E-state index is 2.42. The zero-order chi connectivity index (χ0) is 10.4. The average molecular weight is 324 g/mol. The number of aryl methyl sites for hydroxylation is 1. The molecule has 2 aromatic carbocycles. The zero-order valence-corrected chi connectivity index (χ0v) is 11.2. The first kappa shape index (κ1) is 9.60. The predicted octanol–water partition coefficient (Wildman–Crippen LogP) is 4.97. The largest absolute Gasteiger partial charge is 0.134 e. The Morgan fingerprint density at radius 2 is 1.87 bits per heavy atom. The highest BCUT2D eigenvalue weighted by Gasteiger charge is 2.08. The molecule has 0 atom stereocenters. The number of thiophene rings is 1. The fourth-order valence-electron chi connectivity index (χ4n) is 1.99. The van der Waals surface area contributed by atoms with E-state index >= 15 is 0 Å². The maximum Gasteiger partial charge on any atom is 0.0488 e. The first-order valence-electron chi connectivity index (χ1n) is 4.84. The third kappa shape index (κ3) is 1.39. The Kier molecular flexibility index (Phi) is 2.21. The van der Waals surface area contributed by atoms with Gasteiger partial charge in [-0.3, -0.25) is 0 Å². The predicted molar refractivity (Wildman–Crippen MR) is 76.8 cm³/mol.